The number of pyridine rings is 1. The first-order chi connectivity index (χ1) is 8.45. The summed E-state index contributed by atoms with van der Waals surface area (Å²) in [5.74, 6) is 0.253. The molecule has 0 N–H and O–H groups in total. The number of alkyl halides is 3. The molecule has 3 nitrogen and oxygen atoms in total. The maximum absolute atomic E-state index is 12.3. The number of hydrogen-bond acceptors (Lipinski definition) is 3. The van der Waals surface area contributed by atoms with Crippen LogP contribution in [0.4, 0.5) is 13.2 Å². The van der Waals surface area contributed by atoms with Crippen LogP contribution in [-0.4, -0.2) is 36.1 Å². The van der Waals surface area contributed by atoms with Crippen molar-refractivity contribution in [3.63, 3.8) is 0 Å². The Balaban J connectivity index is 1.98. The molecule has 1 saturated heterocycles. The van der Waals surface area contributed by atoms with Gasteiger partial charge in [-0.2, -0.15) is 13.2 Å². The van der Waals surface area contributed by atoms with Crippen molar-refractivity contribution < 1.29 is 17.9 Å². The molecule has 0 bridgehead atoms. The standard InChI is InChI=1S/C12H15F3N2O/c1-17-6-2-3-10(8-17)18-11-5-4-9(7-16-11)12(13,14)15/h4-5,7,10H,2-3,6,8H2,1H3/t10-/m1/s1. The van der Waals surface area contributed by atoms with Crippen molar-refractivity contribution in [3.05, 3.63) is 23.9 Å². The summed E-state index contributed by atoms with van der Waals surface area (Å²) in [5.41, 5.74) is -0.754. The maximum Gasteiger partial charge on any atom is 0.417 e. The molecular weight excluding hydrogens is 245 g/mol. The van der Waals surface area contributed by atoms with Crippen LogP contribution >= 0.6 is 0 Å². The third-order valence-electron chi connectivity index (χ3n) is 2.93. The first kappa shape index (κ1) is 13.1. The van der Waals surface area contributed by atoms with Gasteiger partial charge in [-0.1, -0.05) is 0 Å². The minimum absolute atomic E-state index is 0.00740. The summed E-state index contributed by atoms with van der Waals surface area (Å²) in [6.45, 7) is 1.81. The molecule has 0 aromatic carbocycles. The normalized spacial score (nSPS) is 21.9. The Labute approximate surface area is 104 Å². The summed E-state index contributed by atoms with van der Waals surface area (Å²) in [6.07, 6.45) is -1.60. The lowest BCUT2D eigenvalue weighted by Crippen LogP contribution is -2.38. The zero-order chi connectivity index (χ0) is 13.2. The van der Waals surface area contributed by atoms with E-state index in [2.05, 4.69) is 9.88 Å². The number of ether oxygens (including phenoxy) is 1. The highest BCUT2D eigenvalue weighted by Gasteiger charge is 2.30. The van der Waals surface area contributed by atoms with Crippen molar-refractivity contribution in [2.24, 2.45) is 0 Å². The highest BCUT2D eigenvalue weighted by atomic mass is 19.4. The van der Waals surface area contributed by atoms with Crippen molar-refractivity contribution in [2.45, 2.75) is 25.1 Å². The maximum atomic E-state index is 12.3. The van der Waals surface area contributed by atoms with E-state index >= 15 is 0 Å². The van der Waals surface area contributed by atoms with Gasteiger partial charge >= 0.3 is 6.18 Å². The average molecular weight is 260 g/mol. The Morgan fingerprint density at radius 3 is 2.72 bits per heavy atom. The summed E-state index contributed by atoms with van der Waals surface area (Å²) in [5, 5.41) is 0. The van der Waals surface area contributed by atoms with E-state index in [0.717, 1.165) is 38.2 Å². The number of likely N-dealkylation sites (N-methyl/N-ethyl adjacent to an activating group) is 1. The van der Waals surface area contributed by atoms with Gasteiger partial charge in [-0.05, 0) is 32.5 Å². The molecule has 1 atom stereocenters. The molecule has 2 heterocycles. The van der Waals surface area contributed by atoms with Crippen LogP contribution in [0.1, 0.15) is 18.4 Å². The molecule has 0 unspecified atom stereocenters. The van der Waals surface area contributed by atoms with Gasteiger partial charge in [0.1, 0.15) is 6.10 Å². The van der Waals surface area contributed by atoms with E-state index in [9.17, 15) is 13.2 Å². The molecule has 1 aromatic rings. The van der Waals surface area contributed by atoms with Crippen LogP contribution in [-0.2, 0) is 6.18 Å². The average Bonchev–Trinajstić information content (AvgIpc) is 2.28. The van der Waals surface area contributed by atoms with Gasteiger partial charge in [0, 0.05) is 18.8 Å². The highest BCUT2D eigenvalue weighted by molar-refractivity contribution is 5.20. The Morgan fingerprint density at radius 1 is 1.39 bits per heavy atom. The van der Waals surface area contributed by atoms with E-state index in [4.69, 9.17) is 4.74 Å². The minimum Gasteiger partial charge on any atom is -0.473 e. The lowest BCUT2D eigenvalue weighted by Gasteiger charge is -2.29. The summed E-state index contributed by atoms with van der Waals surface area (Å²) < 4.78 is 42.6. The first-order valence-electron chi connectivity index (χ1n) is 5.83. The van der Waals surface area contributed by atoms with Gasteiger partial charge in [0.2, 0.25) is 5.88 Å². The van der Waals surface area contributed by atoms with E-state index in [1.807, 2.05) is 7.05 Å². The summed E-state index contributed by atoms with van der Waals surface area (Å²) in [6, 6.07) is 2.27. The zero-order valence-electron chi connectivity index (χ0n) is 10.1. The highest BCUT2D eigenvalue weighted by Crippen LogP contribution is 2.29. The van der Waals surface area contributed by atoms with Gasteiger partial charge in [0.15, 0.2) is 0 Å². The van der Waals surface area contributed by atoms with Gasteiger partial charge < -0.3 is 9.64 Å². The molecule has 1 fully saturated rings. The Bertz CT molecular complexity index is 391. The first-order valence-corrected chi connectivity index (χ1v) is 5.83. The SMILES string of the molecule is CN1CCC[C@@H](Oc2ccc(C(F)(F)F)cn2)C1. The number of rotatable bonds is 2. The van der Waals surface area contributed by atoms with Crippen LogP contribution in [0, 0.1) is 0 Å². The summed E-state index contributed by atoms with van der Waals surface area (Å²) in [7, 11) is 2.00. The van der Waals surface area contributed by atoms with Crippen molar-refractivity contribution in [1.82, 2.24) is 9.88 Å². The van der Waals surface area contributed by atoms with Crippen LogP contribution in [0.3, 0.4) is 0 Å². The van der Waals surface area contributed by atoms with Crippen LogP contribution in [0.2, 0.25) is 0 Å². The Kier molecular flexibility index (Phi) is 3.75. The monoisotopic (exact) mass is 260 g/mol. The van der Waals surface area contributed by atoms with Crippen molar-refractivity contribution in [2.75, 3.05) is 20.1 Å². The van der Waals surface area contributed by atoms with Gasteiger partial charge in [-0.25, -0.2) is 4.98 Å². The second kappa shape index (κ2) is 5.14. The topological polar surface area (TPSA) is 25.4 Å². The second-order valence-corrected chi connectivity index (χ2v) is 4.53. The third kappa shape index (κ3) is 3.35. The van der Waals surface area contributed by atoms with Crippen molar-refractivity contribution >= 4 is 0 Å². The number of aromatic nitrogens is 1. The lowest BCUT2D eigenvalue weighted by atomic mass is 10.1. The number of hydrogen-bond donors (Lipinski definition) is 0. The third-order valence-corrected chi connectivity index (χ3v) is 2.93. The molecule has 0 aliphatic carbocycles. The molecular formula is C12H15F3N2O. The Morgan fingerprint density at radius 2 is 2.17 bits per heavy atom. The number of nitrogens with zero attached hydrogens (tertiary/aromatic N) is 2. The molecule has 1 aliphatic rings. The molecule has 1 aliphatic heterocycles. The van der Waals surface area contributed by atoms with Crippen LogP contribution in [0.5, 0.6) is 5.88 Å². The molecule has 1 aromatic heterocycles. The quantitative estimate of drug-likeness (QED) is 0.817. The van der Waals surface area contributed by atoms with Crippen molar-refractivity contribution in [1.29, 1.82) is 0 Å². The van der Waals surface area contributed by atoms with Crippen LogP contribution in [0.15, 0.2) is 18.3 Å². The van der Waals surface area contributed by atoms with E-state index in [0.29, 0.717) is 0 Å². The Hall–Kier alpha value is -1.30. The van der Waals surface area contributed by atoms with E-state index in [-0.39, 0.29) is 12.0 Å². The second-order valence-electron chi connectivity index (χ2n) is 4.53. The summed E-state index contributed by atoms with van der Waals surface area (Å²) >= 11 is 0. The predicted molar refractivity (Wildman–Crippen MR) is 60.4 cm³/mol. The van der Waals surface area contributed by atoms with Crippen molar-refractivity contribution in [3.8, 4) is 5.88 Å². The van der Waals surface area contributed by atoms with E-state index < -0.39 is 11.7 Å². The van der Waals surface area contributed by atoms with E-state index in [1.54, 1.807) is 0 Å². The molecule has 18 heavy (non-hydrogen) atoms. The smallest absolute Gasteiger partial charge is 0.417 e. The van der Waals surface area contributed by atoms with E-state index in [1.165, 1.54) is 6.07 Å². The van der Waals surface area contributed by atoms with Gasteiger partial charge in [-0.15, -0.1) is 0 Å². The van der Waals surface area contributed by atoms with Gasteiger partial charge in [-0.3, -0.25) is 0 Å². The van der Waals surface area contributed by atoms with Crippen LogP contribution in [0.25, 0.3) is 0 Å². The minimum atomic E-state index is -4.35. The molecule has 0 radical (unpaired) electrons. The zero-order valence-corrected chi connectivity index (χ0v) is 10.1. The lowest BCUT2D eigenvalue weighted by molar-refractivity contribution is -0.137. The van der Waals surface area contributed by atoms with Crippen LogP contribution < -0.4 is 4.74 Å². The largest absolute Gasteiger partial charge is 0.473 e. The number of likely N-dealkylation sites (tertiary alicyclic amines) is 1. The summed E-state index contributed by atoms with van der Waals surface area (Å²) in [4.78, 5) is 5.84. The number of piperidine rings is 1. The predicted octanol–water partition coefficient (Wildman–Crippen LogP) is 2.57. The van der Waals surface area contributed by atoms with Gasteiger partial charge in [0.05, 0.1) is 5.56 Å². The molecule has 2 rings (SSSR count). The molecule has 6 heteroatoms. The molecule has 0 spiro atoms. The van der Waals surface area contributed by atoms with Gasteiger partial charge in [0.25, 0.3) is 0 Å². The molecule has 0 saturated carbocycles. The fourth-order valence-corrected chi connectivity index (χ4v) is 2.00. The fourth-order valence-electron chi connectivity index (χ4n) is 2.00. The fraction of sp³-hybridized carbons (Fsp3) is 0.583. The molecule has 100 valence electrons. The molecule has 0 amide bonds. The number of halogens is 3.